The molecule has 0 aliphatic heterocycles. The third-order valence-corrected chi connectivity index (χ3v) is 9.05. The van der Waals surface area contributed by atoms with Gasteiger partial charge in [-0.3, -0.25) is 0 Å². The number of aliphatic hydroxyl groups is 1. The first-order valence-corrected chi connectivity index (χ1v) is 10.4. The molecule has 4 rings (SSSR count). The quantitative estimate of drug-likeness (QED) is 0.583. The second-order valence-electron chi connectivity index (χ2n) is 9.83. The molecular formula is C23H34O2. The largest absolute Gasteiger partial charge is 0.393 e. The summed E-state index contributed by atoms with van der Waals surface area (Å²) >= 11 is 0. The van der Waals surface area contributed by atoms with Crippen molar-refractivity contribution >= 4 is 6.29 Å². The number of hydrogen-bond acceptors (Lipinski definition) is 2. The lowest BCUT2D eigenvalue weighted by molar-refractivity contribution is -0.114. The predicted octanol–water partition coefficient (Wildman–Crippen LogP) is 4.93. The van der Waals surface area contributed by atoms with Crippen LogP contribution in [0.5, 0.6) is 0 Å². The lowest BCUT2D eigenvalue weighted by Crippen LogP contribution is -2.50. The zero-order valence-electron chi connectivity index (χ0n) is 15.9. The monoisotopic (exact) mass is 342 g/mol. The summed E-state index contributed by atoms with van der Waals surface area (Å²) in [5.41, 5.74) is 2.16. The topological polar surface area (TPSA) is 37.3 Å². The molecule has 0 saturated heterocycles. The Morgan fingerprint density at radius 2 is 2.00 bits per heavy atom. The molecule has 0 aromatic rings. The minimum absolute atomic E-state index is 0.0293. The van der Waals surface area contributed by atoms with Gasteiger partial charge in [-0.05, 0) is 85.9 Å². The highest BCUT2D eigenvalue weighted by molar-refractivity contribution is 5.57. The Morgan fingerprint density at radius 1 is 1.20 bits per heavy atom. The Balaban J connectivity index is 1.64. The van der Waals surface area contributed by atoms with Crippen molar-refractivity contribution in [3.05, 3.63) is 24.3 Å². The van der Waals surface area contributed by atoms with Gasteiger partial charge in [-0.1, -0.05) is 31.6 Å². The van der Waals surface area contributed by atoms with Crippen LogP contribution in [0.4, 0.5) is 0 Å². The van der Waals surface area contributed by atoms with E-state index in [-0.39, 0.29) is 12.0 Å². The van der Waals surface area contributed by atoms with Gasteiger partial charge in [-0.15, -0.1) is 6.58 Å². The van der Waals surface area contributed by atoms with Crippen molar-refractivity contribution in [1.82, 2.24) is 0 Å². The average molecular weight is 343 g/mol. The van der Waals surface area contributed by atoms with Crippen molar-refractivity contribution in [1.29, 1.82) is 0 Å². The van der Waals surface area contributed by atoms with E-state index in [4.69, 9.17) is 0 Å². The van der Waals surface area contributed by atoms with Gasteiger partial charge < -0.3 is 9.90 Å². The summed E-state index contributed by atoms with van der Waals surface area (Å²) in [6, 6.07) is 0. The minimum atomic E-state index is -0.124. The number of aliphatic hydroxyl groups excluding tert-OH is 1. The van der Waals surface area contributed by atoms with Crippen LogP contribution in [0, 0.1) is 40.4 Å². The SMILES string of the molecule is C=C[C@H](C=O)[C@H]1CCC2C3CC=C4C[C@@H](O)CC[C@]4(C)C3CC[C@@]21C. The summed E-state index contributed by atoms with van der Waals surface area (Å²) in [6.45, 7) is 8.89. The number of hydrogen-bond donors (Lipinski definition) is 1. The van der Waals surface area contributed by atoms with Crippen LogP contribution in [0.1, 0.15) is 65.2 Å². The Hall–Kier alpha value is -0.890. The summed E-state index contributed by atoms with van der Waals surface area (Å²) in [7, 11) is 0. The molecule has 3 saturated carbocycles. The lowest BCUT2D eigenvalue weighted by atomic mass is 9.47. The van der Waals surface area contributed by atoms with E-state index in [1.807, 2.05) is 6.08 Å². The van der Waals surface area contributed by atoms with E-state index in [0.29, 0.717) is 16.7 Å². The molecule has 25 heavy (non-hydrogen) atoms. The van der Waals surface area contributed by atoms with Crippen LogP contribution in [0.25, 0.3) is 0 Å². The third kappa shape index (κ3) is 2.43. The van der Waals surface area contributed by atoms with E-state index in [2.05, 4.69) is 26.5 Å². The molecule has 0 spiro atoms. The van der Waals surface area contributed by atoms with E-state index >= 15 is 0 Å². The molecule has 0 heterocycles. The normalized spacial score (nSPS) is 50.0. The smallest absolute Gasteiger partial charge is 0.127 e. The molecule has 0 radical (unpaired) electrons. The summed E-state index contributed by atoms with van der Waals surface area (Å²) < 4.78 is 0. The molecule has 1 N–H and O–H groups in total. The lowest BCUT2D eigenvalue weighted by Gasteiger charge is -2.58. The van der Waals surface area contributed by atoms with Crippen LogP contribution >= 0.6 is 0 Å². The molecule has 3 unspecified atom stereocenters. The summed E-state index contributed by atoms with van der Waals surface area (Å²) in [6.07, 6.45) is 14.6. The van der Waals surface area contributed by atoms with Gasteiger partial charge in [-0.2, -0.15) is 0 Å². The fourth-order valence-electron chi connectivity index (χ4n) is 7.63. The molecule has 2 heteroatoms. The maximum atomic E-state index is 11.6. The molecule has 3 fully saturated rings. The van der Waals surface area contributed by atoms with Crippen molar-refractivity contribution in [2.45, 2.75) is 71.3 Å². The van der Waals surface area contributed by atoms with E-state index in [1.165, 1.54) is 32.1 Å². The van der Waals surface area contributed by atoms with Crippen molar-refractivity contribution in [3.8, 4) is 0 Å². The van der Waals surface area contributed by atoms with Crippen LogP contribution in [0.2, 0.25) is 0 Å². The van der Waals surface area contributed by atoms with Crippen molar-refractivity contribution in [2.75, 3.05) is 0 Å². The number of fused-ring (bicyclic) bond motifs is 5. The highest BCUT2D eigenvalue weighted by atomic mass is 16.3. The van der Waals surface area contributed by atoms with Gasteiger partial charge in [0, 0.05) is 5.92 Å². The molecule has 8 atom stereocenters. The fourth-order valence-corrected chi connectivity index (χ4v) is 7.63. The number of allylic oxidation sites excluding steroid dienone is 2. The summed E-state index contributed by atoms with van der Waals surface area (Å²) in [5.74, 6) is 2.81. The Labute approximate surface area is 152 Å². The molecular weight excluding hydrogens is 308 g/mol. The van der Waals surface area contributed by atoms with Crippen molar-refractivity contribution in [3.63, 3.8) is 0 Å². The molecule has 0 bridgehead atoms. The molecule has 138 valence electrons. The van der Waals surface area contributed by atoms with Gasteiger partial charge in [0.2, 0.25) is 0 Å². The molecule has 0 aromatic carbocycles. The summed E-state index contributed by atoms with van der Waals surface area (Å²) in [4.78, 5) is 11.6. The first-order valence-electron chi connectivity index (χ1n) is 10.4. The highest BCUT2D eigenvalue weighted by Crippen LogP contribution is 2.67. The Bertz CT molecular complexity index is 585. The molecule has 4 aliphatic rings. The van der Waals surface area contributed by atoms with Crippen LogP contribution in [-0.4, -0.2) is 17.5 Å². The van der Waals surface area contributed by atoms with E-state index in [1.54, 1.807) is 5.57 Å². The number of carbonyl (C=O) groups excluding carboxylic acids is 1. The Kier molecular flexibility index (Phi) is 4.26. The maximum Gasteiger partial charge on any atom is 0.127 e. The first-order chi connectivity index (χ1) is 11.9. The first kappa shape index (κ1) is 17.5. The van der Waals surface area contributed by atoms with Crippen LogP contribution in [0.15, 0.2) is 24.3 Å². The molecule has 0 amide bonds. The molecule has 0 aromatic heterocycles. The number of aldehydes is 1. The third-order valence-electron chi connectivity index (χ3n) is 9.05. The van der Waals surface area contributed by atoms with Gasteiger partial charge >= 0.3 is 0 Å². The van der Waals surface area contributed by atoms with Crippen molar-refractivity contribution in [2.24, 2.45) is 40.4 Å². The number of rotatable bonds is 3. The molecule has 2 nitrogen and oxygen atoms in total. The predicted molar refractivity (Wildman–Crippen MR) is 101 cm³/mol. The fraction of sp³-hybridized carbons (Fsp3) is 0.783. The van der Waals surface area contributed by atoms with E-state index in [9.17, 15) is 9.90 Å². The van der Waals surface area contributed by atoms with Crippen LogP contribution in [-0.2, 0) is 4.79 Å². The zero-order valence-corrected chi connectivity index (χ0v) is 15.9. The van der Waals surface area contributed by atoms with E-state index in [0.717, 1.165) is 43.3 Å². The van der Waals surface area contributed by atoms with Gasteiger partial charge in [0.05, 0.1) is 6.10 Å². The van der Waals surface area contributed by atoms with Gasteiger partial charge in [-0.25, -0.2) is 0 Å². The van der Waals surface area contributed by atoms with Crippen LogP contribution in [0.3, 0.4) is 0 Å². The van der Waals surface area contributed by atoms with Crippen LogP contribution < -0.4 is 0 Å². The van der Waals surface area contributed by atoms with Crippen molar-refractivity contribution < 1.29 is 9.90 Å². The minimum Gasteiger partial charge on any atom is -0.393 e. The second-order valence-corrected chi connectivity index (χ2v) is 9.83. The number of carbonyl (C=O) groups is 1. The van der Waals surface area contributed by atoms with Gasteiger partial charge in [0.1, 0.15) is 6.29 Å². The molecule has 4 aliphatic carbocycles. The maximum absolute atomic E-state index is 11.6. The zero-order chi connectivity index (χ0) is 17.8. The Morgan fingerprint density at radius 3 is 2.72 bits per heavy atom. The van der Waals surface area contributed by atoms with E-state index < -0.39 is 0 Å². The van der Waals surface area contributed by atoms with Gasteiger partial charge in [0.25, 0.3) is 0 Å². The standard InChI is InChI=1S/C23H34O2/c1-4-15(14-24)19-7-8-20-18-6-5-16-13-17(25)9-11-22(16,2)21(18)10-12-23(19,20)3/h4-5,14-15,17-21,25H,1,6-13H2,2-3H3/t15-,17+,18?,19-,20?,21?,22+,23-/m1/s1. The second kappa shape index (κ2) is 6.08. The average Bonchev–Trinajstić information content (AvgIpc) is 2.94. The highest BCUT2D eigenvalue weighted by Gasteiger charge is 2.59. The van der Waals surface area contributed by atoms with Gasteiger partial charge in [0.15, 0.2) is 0 Å². The summed E-state index contributed by atoms with van der Waals surface area (Å²) in [5, 5.41) is 10.1.